The van der Waals surface area contributed by atoms with Gasteiger partial charge in [-0.2, -0.15) is 0 Å². The lowest BCUT2D eigenvalue weighted by Crippen LogP contribution is -2.29. The zero-order chi connectivity index (χ0) is 14.3. The van der Waals surface area contributed by atoms with Gasteiger partial charge in [0.05, 0.1) is 22.4 Å². The molecule has 0 amide bonds. The Kier molecular flexibility index (Phi) is 3.48. The van der Waals surface area contributed by atoms with Gasteiger partial charge in [-0.25, -0.2) is 16.8 Å². The minimum atomic E-state index is -3.71. The highest BCUT2D eigenvalue weighted by atomic mass is 32.2. The SMILES string of the molecule is Cc1ccc(N)cc1NS(=O)(=O)C1CCS(=O)(=O)C1. The molecule has 1 atom stereocenters. The summed E-state index contributed by atoms with van der Waals surface area (Å²) in [5.74, 6) is -0.391. The molecule has 1 saturated heterocycles. The van der Waals surface area contributed by atoms with Gasteiger partial charge < -0.3 is 5.73 Å². The molecule has 3 N–H and O–H groups in total. The van der Waals surface area contributed by atoms with Crippen LogP contribution in [0.2, 0.25) is 0 Å². The predicted octanol–water partition coefficient (Wildman–Crippen LogP) is 0.506. The maximum Gasteiger partial charge on any atom is 0.236 e. The minimum absolute atomic E-state index is 0.0749. The predicted molar refractivity (Wildman–Crippen MR) is 75.2 cm³/mol. The van der Waals surface area contributed by atoms with Crippen LogP contribution in [-0.2, 0) is 19.9 Å². The van der Waals surface area contributed by atoms with Gasteiger partial charge >= 0.3 is 0 Å². The van der Waals surface area contributed by atoms with Gasteiger partial charge in [-0.3, -0.25) is 4.72 Å². The number of aryl methyl sites for hydroxylation is 1. The second-order valence-corrected chi connectivity index (χ2v) is 8.94. The van der Waals surface area contributed by atoms with Crippen molar-refractivity contribution >= 4 is 31.2 Å². The molecule has 0 aromatic heterocycles. The summed E-state index contributed by atoms with van der Waals surface area (Å²) in [6.07, 6.45) is 0.138. The Labute approximate surface area is 113 Å². The summed E-state index contributed by atoms with van der Waals surface area (Å²) >= 11 is 0. The van der Waals surface area contributed by atoms with Gasteiger partial charge in [0, 0.05) is 5.69 Å². The first-order chi connectivity index (χ1) is 8.70. The van der Waals surface area contributed by atoms with Crippen molar-refractivity contribution in [1.29, 1.82) is 0 Å². The molecule has 2 rings (SSSR count). The van der Waals surface area contributed by atoms with Gasteiger partial charge in [0.25, 0.3) is 0 Å². The number of rotatable bonds is 3. The van der Waals surface area contributed by atoms with Crippen molar-refractivity contribution in [2.45, 2.75) is 18.6 Å². The Morgan fingerprint density at radius 3 is 2.63 bits per heavy atom. The number of nitrogens with two attached hydrogens (primary N) is 1. The summed E-state index contributed by atoms with van der Waals surface area (Å²) in [5.41, 5.74) is 7.19. The maximum absolute atomic E-state index is 12.1. The molecular formula is C11H16N2O4S2. The third-order valence-corrected chi connectivity index (χ3v) is 6.91. The van der Waals surface area contributed by atoms with E-state index in [1.807, 2.05) is 0 Å². The largest absolute Gasteiger partial charge is 0.399 e. The second-order valence-electron chi connectivity index (χ2n) is 4.75. The van der Waals surface area contributed by atoms with E-state index in [1.165, 1.54) is 6.07 Å². The molecule has 106 valence electrons. The fourth-order valence-electron chi connectivity index (χ4n) is 1.99. The molecule has 1 fully saturated rings. The first kappa shape index (κ1) is 14.1. The smallest absolute Gasteiger partial charge is 0.236 e. The first-order valence-electron chi connectivity index (χ1n) is 5.78. The fourth-order valence-corrected chi connectivity index (χ4v) is 6.14. The van der Waals surface area contributed by atoms with Crippen LogP contribution in [0, 0.1) is 6.92 Å². The number of hydrogen-bond acceptors (Lipinski definition) is 5. The van der Waals surface area contributed by atoms with Crippen molar-refractivity contribution in [3.05, 3.63) is 23.8 Å². The quantitative estimate of drug-likeness (QED) is 0.791. The summed E-state index contributed by atoms with van der Waals surface area (Å²) < 4.78 is 49.4. The Morgan fingerprint density at radius 1 is 1.37 bits per heavy atom. The van der Waals surface area contributed by atoms with Gasteiger partial charge in [0.2, 0.25) is 10.0 Å². The third kappa shape index (κ3) is 3.19. The van der Waals surface area contributed by atoms with Gasteiger partial charge in [0.15, 0.2) is 9.84 Å². The number of hydrogen-bond donors (Lipinski definition) is 2. The van der Waals surface area contributed by atoms with Crippen LogP contribution in [0.5, 0.6) is 0 Å². The number of nitrogens with one attached hydrogen (secondary N) is 1. The Hall–Kier alpha value is -1.28. The van der Waals surface area contributed by atoms with Gasteiger partial charge in [-0.1, -0.05) is 6.07 Å². The number of sulfone groups is 1. The second kappa shape index (κ2) is 4.68. The van der Waals surface area contributed by atoms with E-state index in [4.69, 9.17) is 5.73 Å². The van der Waals surface area contributed by atoms with Crippen LogP contribution < -0.4 is 10.5 Å². The van der Waals surface area contributed by atoms with E-state index in [-0.39, 0.29) is 17.9 Å². The number of sulfonamides is 1. The zero-order valence-corrected chi connectivity index (χ0v) is 12.1. The number of anilines is 2. The van der Waals surface area contributed by atoms with E-state index in [1.54, 1.807) is 19.1 Å². The lowest BCUT2D eigenvalue weighted by molar-refractivity contribution is 0.587. The van der Waals surface area contributed by atoms with E-state index in [2.05, 4.69) is 4.72 Å². The number of nitrogen functional groups attached to an aromatic ring is 1. The highest BCUT2D eigenvalue weighted by molar-refractivity contribution is 7.97. The molecule has 1 aliphatic rings. The average molecular weight is 304 g/mol. The van der Waals surface area contributed by atoms with Crippen LogP contribution in [0.4, 0.5) is 11.4 Å². The lowest BCUT2D eigenvalue weighted by Gasteiger charge is -2.14. The van der Waals surface area contributed by atoms with E-state index >= 15 is 0 Å². The van der Waals surface area contributed by atoms with Crippen LogP contribution in [0.3, 0.4) is 0 Å². The van der Waals surface area contributed by atoms with Crippen molar-refractivity contribution in [2.75, 3.05) is 22.0 Å². The fraction of sp³-hybridized carbons (Fsp3) is 0.455. The van der Waals surface area contributed by atoms with E-state index in [0.29, 0.717) is 11.4 Å². The minimum Gasteiger partial charge on any atom is -0.399 e. The number of benzene rings is 1. The molecule has 0 spiro atoms. The molecule has 1 aromatic carbocycles. The standard InChI is InChI=1S/C11H16N2O4S2/c1-8-2-3-9(12)6-11(8)13-19(16,17)10-4-5-18(14,15)7-10/h2-3,6,10,13H,4-5,7,12H2,1H3. The summed E-state index contributed by atoms with van der Waals surface area (Å²) in [7, 11) is -6.94. The highest BCUT2D eigenvalue weighted by Gasteiger charge is 2.37. The maximum atomic E-state index is 12.1. The molecule has 1 aliphatic heterocycles. The lowest BCUT2D eigenvalue weighted by atomic mass is 10.2. The highest BCUT2D eigenvalue weighted by Crippen LogP contribution is 2.24. The van der Waals surface area contributed by atoms with Gasteiger partial charge in [-0.05, 0) is 31.0 Å². The van der Waals surface area contributed by atoms with Crippen molar-refractivity contribution < 1.29 is 16.8 Å². The Balaban J connectivity index is 2.25. The van der Waals surface area contributed by atoms with Crippen molar-refractivity contribution in [3.63, 3.8) is 0 Å². The molecule has 8 heteroatoms. The summed E-state index contributed by atoms with van der Waals surface area (Å²) in [6, 6.07) is 4.90. The van der Waals surface area contributed by atoms with E-state index in [9.17, 15) is 16.8 Å². The normalized spacial score (nSPS) is 22.3. The van der Waals surface area contributed by atoms with Crippen molar-refractivity contribution in [2.24, 2.45) is 0 Å². The van der Waals surface area contributed by atoms with Crippen LogP contribution >= 0.6 is 0 Å². The Morgan fingerprint density at radius 2 is 2.05 bits per heavy atom. The molecule has 19 heavy (non-hydrogen) atoms. The van der Waals surface area contributed by atoms with E-state index < -0.39 is 25.1 Å². The van der Waals surface area contributed by atoms with Gasteiger partial charge in [0.1, 0.15) is 0 Å². The summed E-state index contributed by atoms with van der Waals surface area (Å²) in [4.78, 5) is 0. The van der Waals surface area contributed by atoms with E-state index in [0.717, 1.165) is 5.56 Å². The van der Waals surface area contributed by atoms with Gasteiger partial charge in [-0.15, -0.1) is 0 Å². The van der Waals surface area contributed by atoms with Crippen LogP contribution in [0.1, 0.15) is 12.0 Å². The molecule has 0 saturated carbocycles. The molecule has 0 radical (unpaired) electrons. The molecule has 1 heterocycles. The molecular weight excluding hydrogens is 288 g/mol. The van der Waals surface area contributed by atoms with Crippen LogP contribution in [0.25, 0.3) is 0 Å². The summed E-state index contributed by atoms with van der Waals surface area (Å²) in [6.45, 7) is 1.75. The molecule has 1 aromatic rings. The topological polar surface area (TPSA) is 106 Å². The van der Waals surface area contributed by atoms with Crippen LogP contribution in [0.15, 0.2) is 18.2 Å². The molecule has 6 nitrogen and oxygen atoms in total. The molecule has 1 unspecified atom stereocenters. The summed E-state index contributed by atoms with van der Waals surface area (Å²) in [5, 5.41) is -0.890. The first-order valence-corrected chi connectivity index (χ1v) is 9.14. The van der Waals surface area contributed by atoms with Crippen molar-refractivity contribution in [3.8, 4) is 0 Å². The Bertz CT molecular complexity index is 695. The zero-order valence-electron chi connectivity index (χ0n) is 10.5. The van der Waals surface area contributed by atoms with Crippen LogP contribution in [-0.4, -0.2) is 33.6 Å². The average Bonchev–Trinajstić information content (AvgIpc) is 2.65. The van der Waals surface area contributed by atoms with Crippen molar-refractivity contribution in [1.82, 2.24) is 0 Å². The molecule has 0 bridgehead atoms. The molecule has 0 aliphatic carbocycles. The monoisotopic (exact) mass is 304 g/mol. The third-order valence-electron chi connectivity index (χ3n) is 3.14.